The van der Waals surface area contributed by atoms with E-state index in [4.69, 9.17) is 40.5 Å². The van der Waals surface area contributed by atoms with E-state index in [0.29, 0.717) is 31.2 Å². The van der Waals surface area contributed by atoms with Crippen LogP contribution in [0, 0.1) is 0 Å². The first kappa shape index (κ1) is 27.4. The molecule has 2 aromatic rings. The van der Waals surface area contributed by atoms with Crippen LogP contribution < -0.4 is 26.0 Å². The zero-order valence-corrected chi connectivity index (χ0v) is 22.6. The number of pyridine rings is 1. The highest BCUT2D eigenvalue weighted by Crippen LogP contribution is 2.40. The molecule has 0 radical (unpaired) electrons. The highest BCUT2D eigenvalue weighted by molar-refractivity contribution is 8.00. The molecule has 0 spiro atoms. The Morgan fingerprint density at radius 1 is 1.22 bits per heavy atom. The van der Waals surface area contributed by atoms with Gasteiger partial charge in [-0.3, -0.25) is 14.5 Å². The Bertz CT molecular complexity index is 1340. The van der Waals surface area contributed by atoms with E-state index in [1.807, 2.05) is 0 Å². The van der Waals surface area contributed by atoms with Crippen LogP contribution >= 0.6 is 58.3 Å². The second-order valence-electron chi connectivity index (χ2n) is 7.93. The SMILES string of the molecule is NC(=O)Nc1ccc[n+](CC2=C(C(=O)[O-])N3C(=O)[C@@H](NC(=O)CSc4cc(Cl)c(Cl)cc4Cl)[C@H]3SC2)c1. The molecule has 2 atom stereocenters. The average molecular weight is 603 g/mol. The number of urea groups is 1. The number of amides is 4. The lowest BCUT2D eigenvalue weighted by Gasteiger charge is -2.50. The van der Waals surface area contributed by atoms with Crippen LogP contribution in [-0.2, 0) is 20.9 Å². The first-order chi connectivity index (χ1) is 17.5. The average Bonchev–Trinajstić information content (AvgIpc) is 2.83. The standard InChI is InChI=1S/C22H18Cl3N5O5S2/c23-12-4-14(25)15(5-13(12)24)36-9-16(31)28-17-19(32)30-18(21(33)34)10(8-37-20(17)30)6-29-3-1-2-11(7-29)27-22(26)35/h1-5,7,17,20H,6,8-9H2,(H4-,26,27,28,31,33,34,35)/t17-,20-/m1/s1. The molecule has 37 heavy (non-hydrogen) atoms. The van der Waals surface area contributed by atoms with E-state index in [-0.39, 0.29) is 23.7 Å². The Morgan fingerprint density at radius 3 is 2.65 bits per heavy atom. The van der Waals surface area contributed by atoms with Gasteiger partial charge in [-0.25, -0.2) is 4.79 Å². The number of hydrogen-bond donors (Lipinski definition) is 3. The molecule has 0 unspecified atom stereocenters. The Balaban J connectivity index is 1.43. The number of nitrogens with two attached hydrogens (primary N) is 1. The van der Waals surface area contributed by atoms with Crippen molar-refractivity contribution in [3.63, 3.8) is 0 Å². The monoisotopic (exact) mass is 601 g/mol. The summed E-state index contributed by atoms with van der Waals surface area (Å²) in [5.41, 5.74) is 5.79. The summed E-state index contributed by atoms with van der Waals surface area (Å²) in [7, 11) is 0. The number of hydrogen-bond acceptors (Lipinski definition) is 7. The van der Waals surface area contributed by atoms with Crippen LogP contribution in [0.15, 0.2) is 52.8 Å². The molecule has 1 aromatic heterocycles. The van der Waals surface area contributed by atoms with E-state index in [1.54, 1.807) is 35.2 Å². The van der Waals surface area contributed by atoms with Gasteiger partial charge in [0.05, 0.1) is 32.5 Å². The van der Waals surface area contributed by atoms with Crippen molar-refractivity contribution in [3.8, 4) is 0 Å². The second-order valence-corrected chi connectivity index (χ2v) is 11.3. The Hall–Kier alpha value is -2.64. The molecular weight excluding hydrogens is 585 g/mol. The maximum Gasteiger partial charge on any atom is 0.316 e. The van der Waals surface area contributed by atoms with Gasteiger partial charge in [0.1, 0.15) is 17.1 Å². The van der Waals surface area contributed by atoms with Crippen molar-refractivity contribution in [1.82, 2.24) is 10.2 Å². The molecule has 2 aliphatic rings. The van der Waals surface area contributed by atoms with Gasteiger partial charge < -0.3 is 26.3 Å². The van der Waals surface area contributed by atoms with Gasteiger partial charge in [-0.05, 0) is 18.2 Å². The molecule has 194 valence electrons. The van der Waals surface area contributed by atoms with E-state index in [2.05, 4.69) is 10.6 Å². The van der Waals surface area contributed by atoms with E-state index >= 15 is 0 Å². The number of fused-ring (bicyclic) bond motifs is 1. The van der Waals surface area contributed by atoms with Gasteiger partial charge >= 0.3 is 6.03 Å². The van der Waals surface area contributed by atoms with Crippen molar-refractivity contribution in [1.29, 1.82) is 0 Å². The molecule has 1 fully saturated rings. The van der Waals surface area contributed by atoms with Crippen LogP contribution in [0.4, 0.5) is 10.5 Å². The predicted octanol–water partition coefficient (Wildman–Crippen LogP) is 1.62. The summed E-state index contributed by atoms with van der Waals surface area (Å²) in [6.45, 7) is 0.138. The molecule has 0 aliphatic carbocycles. The molecular formula is C22H18Cl3N5O5S2. The first-order valence-electron chi connectivity index (χ1n) is 10.6. The number of carbonyl (C=O) groups is 4. The third kappa shape index (κ3) is 6.10. The van der Waals surface area contributed by atoms with Crippen molar-refractivity contribution in [2.75, 3.05) is 16.8 Å². The van der Waals surface area contributed by atoms with Crippen LogP contribution in [-0.4, -0.2) is 51.6 Å². The third-order valence-electron chi connectivity index (χ3n) is 5.39. The minimum Gasteiger partial charge on any atom is -0.543 e. The van der Waals surface area contributed by atoms with Crippen molar-refractivity contribution in [3.05, 3.63) is 63.0 Å². The number of nitrogens with one attached hydrogen (secondary N) is 2. The fourth-order valence-corrected chi connectivity index (χ4v) is 6.70. The minimum absolute atomic E-state index is 0.0421. The topological polar surface area (TPSA) is 149 Å². The molecule has 1 aromatic carbocycles. The summed E-state index contributed by atoms with van der Waals surface area (Å²) in [6.07, 6.45) is 3.27. The van der Waals surface area contributed by atoms with Gasteiger partial charge in [-0.15, -0.1) is 23.5 Å². The van der Waals surface area contributed by atoms with Crippen molar-refractivity contribution < 1.29 is 28.9 Å². The smallest absolute Gasteiger partial charge is 0.316 e. The largest absolute Gasteiger partial charge is 0.543 e. The lowest BCUT2D eigenvalue weighted by atomic mass is 10.0. The van der Waals surface area contributed by atoms with Crippen LogP contribution in [0.2, 0.25) is 15.1 Å². The minimum atomic E-state index is -1.49. The third-order valence-corrected chi connectivity index (χ3v) is 8.93. The van der Waals surface area contributed by atoms with Crippen molar-refractivity contribution >= 4 is 87.8 Å². The fraction of sp³-hybridized carbons (Fsp3) is 0.227. The van der Waals surface area contributed by atoms with Gasteiger partial charge in [-0.1, -0.05) is 34.8 Å². The van der Waals surface area contributed by atoms with Crippen molar-refractivity contribution in [2.45, 2.75) is 22.9 Å². The van der Waals surface area contributed by atoms with E-state index in [0.717, 1.165) is 16.7 Å². The number of primary amides is 1. The molecule has 3 heterocycles. The zero-order valence-electron chi connectivity index (χ0n) is 18.7. The lowest BCUT2D eigenvalue weighted by Crippen LogP contribution is -2.71. The first-order valence-corrected chi connectivity index (χ1v) is 13.7. The maximum atomic E-state index is 12.9. The molecule has 0 bridgehead atoms. The number of carbonyl (C=O) groups excluding carboxylic acids is 4. The number of carboxylic acids is 1. The molecule has 4 N–H and O–H groups in total. The number of nitrogens with zero attached hydrogens (tertiary/aromatic N) is 2. The molecule has 4 amide bonds. The summed E-state index contributed by atoms with van der Waals surface area (Å²) in [5.74, 6) is -2.22. The summed E-state index contributed by atoms with van der Waals surface area (Å²) >= 11 is 20.5. The number of aromatic nitrogens is 1. The number of anilines is 1. The number of halogens is 3. The number of β-lactam (4-membered cyclic amide) rings is 1. The quantitative estimate of drug-likeness (QED) is 0.180. The van der Waals surface area contributed by atoms with Crippen LogP contribution in [0.5, 0.6) is 0 Å². The summed E-state index contributed by atoms with van der Waals surface area (Å²) in [5, 5.41) is 17.4. The van der Waals surface area contributed by atoms with E-state index in [9.17, 15) is 24.3 Å². The molecule has 2 aliphatic heterocycles. The lowest BCUT2D eigenvalue weighted by molar-refractivity contribution is -0.688. The van der Waals surface area contributed by atoms with Crippen LogP contribution in [0.25, 0.3) is 0 Å². The van der Waals surface area contributed by atoms with Gasteiger partial charge in [-0.2, -0.15) is 4.57 Å². The molecule has 1 saturated heterocycles. The fourth-order valence-electron chi connectivity index (χ4n) is 3.82. The zero-order chi connectivity index (χ0) is 26.9. The van der Waals surface area contributed by atoms with Crippen LogP contribution in [0.3, 0.4) is 0 Å². The Labute approximate surface area is 234 Å². The number of rotatable bonds is 8. The highest BCUT2D eigenvalue weighted by atomic mass is 35.5. The van der Waals surface area contributed by atoms with E-state index in [1.165, 1.54) is 17.8 Å². The number of carboxylic acid groups (broad SMARTS) is 1. The maximum absolute atomic E-state index is 12.9. The molecule has 15 heteroatoms. The number of thioether (sulfide) groups is 2. The van der Waals surface area contributed by atoms with Crippen molar-refractivity contribution in [2.24, 2.45) is 5.73 Å². The summed E-state index contributed by atoms with van der Waals surface area (Å²) < 4.78 is 1.65. The van der Waals surface area contributed by atoms with E-state index < -0.39 is 35.2 Å². The van der Waals surface area contributed by atoms with Gasteiger partial charge in [0.15, 0.2) is 18.9 Å². The second kappa shape index (κ2) is 11.4. The summed E-state index contributed by atoms with van der Waals surface area (Å²) in [4.78, 5) is 50.2. The normalized spacial score (nSPS) is 18.7. The number of aliphatic carboxylic acids is 1. The number of benzene rings is 1. The molecule has 0 saturated carbocycles. The summed E-state index contributed by atoms with van der Waals surface area (Å²) in [6, 6.07) is 4.70. The van der Waals surface area contributed by atoms with Crippen LogP contribution in [0.1, 0.15) is 0 Å². The van der Waals surface area contributed by atoms with Gasteiger partial charge in [0.2, 0.25) is 5.91 Å². The molecule has 10 nitrogen and oxygen atoms in total. The predicted molar refractivity (Wildman–Crippen MR) is 139 cm³/mol. The Morgan fingerprint density at radius 2 is 1.95 bits per heavy atom. The highest BCUT2D eigenvalue weighted by Gasteiger charge is 2.53. The van der Waals surface area contributed by atoms with Gasteiger partial charge in [0, 0.05) is 22.3 Å². The molecule has 4 rings (SSSR count). The van der Waals surface area contributed by atoms with Gasteiger partial charge in [0.25, 0.3) is 5.91 Å². The Kier molecular flexibility index (Phi) is 8.44.